The first-order valence-electron chi connectivity index (χ1n) is 8.97. The second kappa shape index (κ2) is 10.2. The highest BCUT2D eigenvalue weighted by Gasteiger charge is 2.10. The highest BCUT2D eigenvalue weighted by molar-refractivity contribution is 6.30. The van der Waals surface area contributed by atoms with E-state index >= 15 is 0 Å². The number of nitrogens with one attached hydrogen (secondary N) is 1. The maximum Gasteiger partial charge on any atom is 0.234 e. The lowest BCUT2D eigenvalue weighted by Gasteiger charge is -2.20. The van der Waals surface area contributed by atoms with Crippen molar-refractivity contribution in [2.75, 3.05) is 38.6 Å². The first-order chi connectivity index (χ1) is 12.5. The quantitative estimate of drug-likeness (QED) is 0.729. The molecule has 4 nitrogen and oxygen atoms in total. The summed E-state index contributed by atoms with van der Waals surface area (Å²) in [6, 6.07) is 16.2. The van der Waals surface area contributed by atoms with Gasteiger partial charge in [0, 0.05) is 37.9 Å². The van der Waals surface area contributed by atoms with Crippen LogP contribution < -0.4 is 10.2 Å². The van der Waals surface area contributed by atoms with Crippen LogP contribution in [0.5, 0.6) is 0 Å². The van der Waals surface area contributed by atoms with E-state index in [2.05, 4.69) is 46.3 Å². The zero-order chi connectivity index (χ0) is 18.9. The molecule has 0 bridgehead atoms. The van der Waals surface area contributed by atoms with Gasteiger partial charge in [0.15, 0.2) is 0 Å². The van der Waals surface area contributed by atoms with Gasteiger partial charge in [0.05, 0.1) is 6.54 Å². The molecule has 0 aromatic heterocycles. The number of likely N-dealkylation sites (N-methyl/N-ethyl adjacent to an activating group) is 1. The van der Waals surface area contributed by atoms with Gasteiger partial charge >= 0.3 is 0 Å². The smallest absolute Gasteiger partial charge is 0.234 e. The summed E-state index contributed by atoms with van der Waals surface area (Å²) in [4.78, 5) is 16.4. The number of carbonyl (C=O) groups excluding carboxylic acids is 1. The summed E-state index contributed by atoms with van der Waals surface area (Å²) in [6.45, 7) is 4.70. The van der Waals surface area contributed by atoms with E-state index in [-0.39, 0.29) is 5.91 Å². The number of benzene rings is 2. The van der Waals surface area contributed by atoms with Crippen LogP contribution in [0, 0.1) is 0 Å². The van der Waals surface area contributed by atoms with Crippen LogP contribution in [0.15, 0.2) is 48.5 Å². The van der Waals surface area contributed by atoms with Gasteiger partial charge in [0.1, 0.15) is 0 Å². The minimum Gasteiger partial charge on any atom is -0.378 e. The van der Waals surface area contributed by atoms with Gasteiger partial charge in [-0.25, -0.2) is 0 Å². The Labute approximate surface area is 161 Å². The molecule has 0 fully saturated rings. The summed E-state index contributed by atoms with van der Waals surface area (Å²) in [5.41, 5.74) is 3.52. The summed E-state index contributed by atoms with van der Waals surface area (Å²) in [5.74, 6) is 0.0544. The zero-order valence-electron chi connectivity index (χ0n) is 15.8. The van der Waals surface area contributed by atoms with Crippen molar-refractivity contribution in [1.29, 1.82) is 0 Å². The third-order valence-corrected chi connectivity index (χ3v) is 4.53. The number of hydrogen-bond acceptors (Lipinski definition) is 3. The van der Waals surface area contributed by atoms with Crippen molar-refractivity contribution in [2.24, 2.45) is 0 Å². The molecule has 2 aromatic carbocycles. The van der Waals surface area contributed by atoms with Gasteiger partial charge < -0.3 is 10.2 Å². The van der Waals surface area contributed by atoms with Crippen molar-refractivity contribution in [3.05, 3.63) is 64.7 Å². The maximum atomic E-state index is 12.2. The Morgan fingerprint density at radius 1 is 1.08 bits per heavy atom. The molecule has 0 spiro atoms. The first kappa shape index (κ1) is 20.3. The second-order valence-corrected chi connectivity index (χ2v) is 7.03. The Hall–Kier alpha value is -2.04. The molecule has 26 heavy (non-hydrogen) atoms. The minimum atomic E-state index is 0.0544. The average molecular weight is 374 g/mol. The van der Waals surface area contributed by atoms with Crippen LogP contribution in [-0.4, -0.2) is 44.5 Å². The lowest BCUT2D eigenvalue weighted by atomic mass is 10.1. The lowest BCUT2D eigenvalue weighted by Crippen LogP contribution is -2.37. The second-order valence-electron chi connectivity index (χ2n) is 6.59. The van der Waals surface area contributed by atoms with Crippen molar-refractivity contribution >= 4 is 23.2 Å². The topological polar surface area (TPSA) is 35.6 Å². The average Bonchev–Trinajstić information content (AvgIpc) is 2.61. The first-order valence-corrected chi connectivity index (χ1v) is 9.35. The molecular formula is C21H28ClN3O. The standard InChI is InChI=1S/C21H28ClN3O/c1-4-25(15-18-8-10-20(11-9-18)24(2)3)16-21(26)23-13-12-17-6-5-7-19(22)14-17/h5-11,14H,4,12-13,15-16H2,1-3H3,(H,23,26). The summed E-state index contributed by atoms with van der Waals surface area (Å²) < 4.78 is 0. The molecule has 5 heteroatoms. The zero-order valence-corrected chi connectivity index (χ0v) is 16.6. The molecule has 0 radical (unpaired) electrons. The fourth-order valence-electron chi connectivity index (χ4n) is 2.73. The van der Waals surface area contributed by atoms with Crippen LogP contribution in [0.3, 0.4) is 0 Å². The maximum absolute atomic E-state index is 12.2. The Balaban J connectivity index is 1.78. The molecule has 1 amide bonds. The van der Waals surface area contributed by atoms with Crippen molar-refractivity contribution < 1.29 is 4.79 Å². The van der Waals surface area contributed by atoms with Crippen LogP contribution in [0.25, 0.3) is 0 Å². The number of halogens is 1. The SMILES string of the molecule is CCN(CC(=O)NCCc1cccc(Cl)c1)Cc1ccc(N(C)C)cc1. The number of carbonyl (C=O) groups is 1. The van der Waals surface area contributed by atoms with E-state index in [1.54, 1.807) is 0 Å². The molecule has 2 rings (SSSR count). The molecule has 0 saturated carbocycles. The minimum absolute atomic E-state index is 0.0544. The number of rotatable bonds is 9. The van der Waals surface area contributed by atoms with Gasteiger partial charge in [-0.2, -0.15) is 0 Å². The molecule has 0 aliphatic carbocycles. The van der Waals surface area contributed by atoms with E-state index in [4.69, 9.17) is 11.6 Å². The lowest BCUT2D eigenvalue weighted by molar-refractivity contribution is -0.122. The summed E-state index contributed by atoms with van der Waals surface area (Å²) in [6.07, 6.45) is 0.782. The fraction of sp³-hybridized carbons (Fsp3) is 0.381. The normalized spacial score (nSPS) is 10.8. The highest BCUT2D eigenvalue weighted by Crippen LogP contribution is 2.14. The van der Waals surface area contributed by atoms with E-state index < -0.39 is 0 Å². The Morgan fingerprint density at radius 2 is 1.81 bits per heavy atom. The predicted octanol–water partition coefficient (Wildman–Crippen LogP) is 3.59. The number of anilines is 1. The van der Waals surface area contributed by atoms with Crippen molar-refractivity contribution in [1.82, 2.24) is 10.2 Å². The summed E-state index contributed by atoms with van der Waals surface area (Å²) in [7, 11) is 4.06. The Bertz CT molecular complexity index is 701. The van der Waals surface area contributed by atoms with E-state index in [1.807, 2.05) is 38.4 Å². The molecule has 0 aliphatic rings. The monoisotopic (exact) mass is 373 g/mol. The van der Waals surface area contributed by atoms with E-state index in [1.165, 1.54) is 11.3 Å². The Kier molecular flexibility index (Phi) is 7.95. The molecule has 140 valence electrons. The Morgan fingerprint density at radius 3 is 2.42 bits per heavy atom. The van der Waals surface area contributed by atoms with E-state index in [0.29, 0.717) is 13.1 Å². The van der Waals surface area contributed by atoms with Crippen LogP contribution in [0.1, 0.15) is 18.1 Å². The summed E-state index contributed by atoms with van der Waals surface area (Å²) in [5, 5.41) is 3.72. The molecule has 0 aliphatic heterocycles. The molecular weight excluding hydrogens is 346 g/mol. The van der Waals surface area contributed by atoms with Gasteiger partial charge in [-0.3, -0.25) is 9.69 Å². The molecule has 0 saturated heterocycles. The largest absolute Gasteiger partial charge is 0.378 e. The van der Waals surface area contributed by atoms with Crippen LogP contribution in [0.2, 0.25) is 5.02 Å². The molecule has 0 unspecified atom stereocenters. The third kappa shape index (κ3) is 6.70. The van der Waals surface area contributed by atoms with Crippen LogP contribution in [0.4, 0.5) is 5.69 Å². The number of amides is 1. The predicted molar refractivity (Wildman–Crippen MR) is 110 cm³/mol. The van der Waals surface area contributed by atoms with Crippen LogP contribution in [-0.2, 0) is 17.8 Å². The van der Waals surface area contributed by atoms with Gasteiger partial charge in [0.25, 0.3) is 0 Å². The van der Waals surface area contributed by atoms with Gasteiger partial charge in [-0.05, 0) is 48.4 Å². The molecule has 0 atom stereocenters. The van der Waals surface area contributed by atoms with Gasteiger partial charge in [0.2, 0.25) is 5.91 Å². The fourth-order valence-corrected chi connectivity index (χ4v) is 2.95. The van der Waals surface area contributed by atoms with E-state index in [9.17, 15) is 4.79 Å². The number of nitrogens with zero attached hydrogens (tertiary/aromatic N) is 2. The molecule has 0 heterocycles. The summed E-state index contributed by atoms with van der Waals surface area (Å²) >= 11 is 5.98. The van der Waals surface area contributed by atoms with Crippen molar-refractivity contribution in [3.8, 4) is 0 Å². The highest BCUT2D eigenvalue weighted by atomic mass is 35.5. The molecule has 1 N–H and O–H groups in total. The third-order valence-electron chi connectivity index (χ3n) is 4.30. The van der Waals surface area contributed by atoms with Crippen molar-refractivity contribution in [3.63, 3.8) is 0 Å². The van der Waals surface area contributed by atoms with E-state index in [0.717, 1.165) is 30.1 Å². The van der Waals surface area contributed by atoms with Gasteiger partial charge in [-0.15, -0.1) is 0 Å². The van der Waals surface area contributed by atoms with Crippen LogP contribution >= 0.6 is 11.6 Å². The molecule has 2 aromatic rings. The number of hydrogen-bond donors (Lipinski definition) is 1. The van der Waals surface area contributed by atoms with Gasteiger partial charge in [-0.1, -0.05) is 42.8 Å². The van der Waals surface area contributed by atoms with Crippen molar-refractivity contribution in [2.45, 2.75) is 19.9 Å².